The van der Waals surface area contributed by atoms with E-state index in [1.54, 1.807) is 0 Å². The first-order valence-electron chi connectivity index (χ1n) is 15.1. The van der Waals surface area contributed by atoms with Crippen LogP contribution < -0.4 is 9.47 Å². The van der Waals surface area contributed by atoms with Gasteiger partial charge in [0.1, 0.15) is 37.9 Å². The zero-order valence-electron chi connectivity index (χ0n) is 25.7. The van der Waals surface area contributed by atoms with Crippen LogP contribution in [0, 0.1) is 6.92 Å². The highest BCUT2D eigenvalue weighted by molar-refractivity contribution is 5.96. The summed E-state index contributed by atoms with van der Waals surface area (Å²) < 4.78 is 21.9. The first-order chi connectivity index (χ1) is 22.4. The molecule has 0 heterocycles. The van der Waals surface area contributed by atoms with Crippen LogP contribution in [-0.2, 0) is 24.5 Å². The van der Waals surface area contributed by atoms with Gasteiger partial charge in [-0.15, -0.1) is 0 Å². The second-order valence-electron chi connectivity index (χ2n) is 11.0. The summed E-state index contributed by atoms with van der Waals surface area (Å²) in [5.41, 5.74) is 7.53. The number of carbonyl (C=O) groups excluding carboxylic acids is 2. The summed E-state index contributed by atoms with van der Waals surface area (Å²) >= 11 is 0. The molecule has 0 saturated carbocycles. The number of fused-ring (bicyclic) bond motifs is 4. The molecule has 1 aliphatic rings. The van der Waals surface area contributed by atoms with E-state index in [2.05, 4.69) is 98.9 Å². The fourth-order valence-electron chi connectivity index (χ4n) is 6.24. The molecule has 6 heteroatoms. The topological polar surface area (TPSA) is 71.1 Å². The fourth-order valence-corrected chi connectivity index (χ4v) is 6.24. The van der Waals surface area contributed by atoms with E-state index in [-0.39, 0.29) is 26.4 Å². The van der Waals surface area contributed by atoms with Crippen LogP contribution in [0.25, 0.3) is 21.9 Å². The first kappa shape index (κ1) is 30.4. The van der Waals surface area contributed by atoms with Crippen LogP contribution in [0.15, 0.2) is 128 Å². The Kier molecular flexibility index (Phi) is 8.70. The molecular formula is C40H34O6. The van der Waals surface area contributed by atoms with E-state index in [4.69, 9.17) is 18.9 Å². The van der Waals surface area contributed by atoms with Crippen molar-refractivity contribution < 1.29 is 28.5 Å². The van der Waals surface area contributed by atoms with Crippen molar-refractivity contribution in [1.82, 2.24) is 0 Å². The molecule has 0 N–H and O–H groups in total. The van der Waals surface area contributed by atoms with Crippen molar-refractivity contribution in [2.45, 2.75) is 12.3 Å². The summed E-state index contributed by atoms with van der Waals surface area (Å²) in [5.74, 6) is 0.398. The third-order valence-corrected chi connectivity index (χ3v) is 8.26. The number of benzene rings is 5. The van der Waals surface area contributed by atoms with Crippen LogP contribution in [0.3, 0.4) is 0 Å². The van der Waals surface area contributed by atoms with Crippen molar-refractivity contribution in [3.05, 3.63) is 156 Å². The first-order valence-corrected chi connectivity index (χ1v) is 15.1. The van der Waals surface area contributed by atoms with Crippen molar-refractivity contribution >= 4 is 22.7 Å². The average Bonchev–Trinajstić information content (AvgIpc) is 3.36. The van der Waals surface area contributed by atoms with Crippen molar-refractivity contribution in [2.24, 2.45) is 0 Å². The molecule has 0 saturated heterocycles. The minimum atomic E-state index is -0.627. The van der Waals surface area contributed by atoms with Crippen LogP contribution in [0.5, 0.6) is 11.5 Å². The lowest BCUT2D eigenvalue weighted by atomic mass is 9.67. The molecule has 230 valence electrons. The Hall–Kier alpha value is -5.62. The lowest BCUT2D eigenvalue weighted by Gasteiger charge is -2.34. The molecule has 6 nitrogen and oxygen atoms in total. The summed E-state index contributed by atoms with van der Waals surface area (Å²) in [6, 6.07) is 36.0. The fraction of sp³-hybridized carbons (Fsp3) is 0.150. The zero-order valence-corrected chi connectivity index (χ0v) is 25.7. The van der Waals surface area contributed by atoms with Gasteiger partial charge in [-0.25, -0.2) is 9.59 Å². The van der Waals surface area contributed by atoms with E-state index >= 15 is 0 Å². The number of esters is 2. The molecule has 0 aliphatic heterocycles. The van der Waals surface area contributed by atoms with Crippen molar-refractivity contribution in [3.8, 4) is 22.6 Å². The predicted octanol–water partition coefficient (Wildman–Crippen LogP) is 7.73. The average molecular weight is 611 g/mol. The largest absolute Gasteiger partial charge is 0.490 e. The Labute approximate surface area is 268 Å². The summed E-state index contributed by atoms with van der Waals surface area (Å²) in [5, 5.41) is 2.35. The van der Waals surface area contributed by atoms with Crippen LogP contribution >= 0.6 is 0 Å². The third-order valence-electron chi connectivity index (χ3n) is 8.26. The maximum absolute atomic E-state index is 11.4. The predicted molar refractivity (Wildman–Crippen MR) is 179 cm³/mol. The van der Waals surface area contributed by atoms with Gasteiger partial charge in [-0.05, 0) is 87.5 Å². The SMILES string of the molecule is C=CC(=O)OCCOc1ccc(C2(c3ccc(OCCOC(=O)C=C)cc3)c3ccc(C)cc3-c3cc4ccccc4cc32)cc1. The van der Waals surface area contributed by atoms with Crippen molar-refractivity contribution in [1.29, 1.82) is 0 Å². The Morgan fingerprint density at radius 3 is 1.63 bits per heavy atom. The number of hydrogen-bond acceptors (Lipinski definition) is 6. The van der Waals surface area contributed by atoms with E-state index in [1.165, 1.54) is 38.6 Å². The molecule has 46 heavy (non-hydrogen) atoms. The number of carbonyl (C=O) groups is 2. The van der Waals surface area contributed by atoms with Gasteiger partial charge in [0.2, 0.25) is 0 Å². The molecular weight excluding hydrogens is 576 g/mol. The zero-order chi connectivity index (χ0) is 32.1. The second kappa shape index (κ2) is 13.2. The van der Waals surface area contributed by atoms with Gasteiger partial charge in [-0.3, -0.25) is 0 Å². The van der Waals surface area contributed by atoms with E-state index in [1.807, 2.05) is 24.3 Å². The maximum Gasteiger partial charge on any atom is 0.330 e. The number of ether oxygens (including phenoxy) is 4. The van der Waals surface area contributed by atoms with E-state index in [0.29, 0.717) is 11.5 Å². The molecule has 0 fully saturated rings. The lowest BCUT2D eigenvalue weighted by molar-refractivity contribution is -0.139. The smallest absolute Gasteiger partial charge is 0.330 e. The van der Waals surface area contributed by atoms with Crippen LogP contribution in [0.1, 0.15) is 27.8 Å². The molecule has 0 unspecified atom stereocenters. The Morgan fingerprint density at radius 2 is 1.11 bits per heavy atom. The second-order valence-corrected chi connectivity index (χ2v) is 11.0. The molecule has 6 rings (SSSR count). The molecule has 0 atom stereocenters. The standard InChI is InChI=1S/C40H34O6/c1-4-38(41)45-22-20-43-32-15-11-30(12-16-32)40(31-13-17-33(18-14-31)44-21-23-46-39(42)5-2)36-19-10-27(3)24-34(36)35-25-28-8-6-7-9-29(28)26-37(35)40/h4-19,24-26H,1-2,20-23H2,3H3. The molecule has 0 radical (unpaired) electrons. The van der Waals surface area contributed by atoms with Gasteiger partial charge < -0.3 is 18.9 Å². The molecule has 5 aromatic rings. The van der Waals surface area contributed by atoms with E-state index in [9.17, 15) is 9.59 Å². The monoisotopic (exact) mass is 610 g/mol. The highest BCUT2D eigenvalue weighted by Crippen LogP contribution is 2.57. The van der Waals surface area contributed by atoms with Gasteiger partial charge in [-0.2, -0.15) is 0 Å². The van der Waals surface area contributed by atoms with Gasteiger partial charge in [0.05, 0.1) is 5.41 Å². The van der Waals surface area contributed by atoms with Gasteiger partial charge >= 0.3 is 11.9 Å². The molecule has 0 amide bonds. The summed E-state index contributed by atoms with van der Waals surface area (Å²) in [4.78, 5) is 22.8. The minimum absolute atomic E-state index is 0.134. The molecule has 1 aliphatic carbocycles. The molecule has 0 aromatic heterocycles. The summed E-state index contributed by atoms with van der Waals surface area (Å²) in [6.45, 7) is 9.69. The van der Waals surface area contributed by atoms with Gasteiger partial charge in [0.25, 0.3) is 0 Å². The van der Waals surface area contributed by atoms with Crippen LogP contribution in [0.2, 0.25) is 0 Å². The van der Waals surface area contributed by atoms with Crippen LogP contribution in [-0.4, -0.2) is 38.4 Å². The van der Waals surface area contributed by atoms with Crippen molar-refractivity contribution in [3.63, 3.8) is 0 Å². The summed E-state index contributed by atoms with van der Waals surface area (Å²) in [7, 11) is 0. The minimum Gasteiger partial charge on any atom is -0.490 e. The van der Waals surface area contributed by atoms with Gasteiger partial charge in [-0.1, -0.05) is 85.5 Å². The normalized spacial score (nSPS) is 12.5. The molecule has 0 spiro atoms. The number of hydrogen-bond donors (Lipinski definition) is 0. The molecule has 0 bridgehead atoms. The van der Waals surface area contributed by atoms with Crippen molar-refractivity contribution in [2.75, 3.05) is 26.4 Å². The lowest BCUT2D eigenvalue weighted by Crippen LogP contribution is -2.28. The molecule has 5 aromatic carbocycles. The number of rotatable bonds is 12. The van der Waals surface area contributed by atoms with Crippen LogP contribution in [0.4, 0.5) is 0 Å². The highest BCUT2D eigenvalue weighted by Gasteiger charge is 2.46. The van der Waals surface area contributed by atoms with E-state index in [0.717, 1.165) is 23.3 Å². The Morgan fingerprint density at radius 1 is 0.609 bits per heavy atom. The maximum atomic E-state index is 11.4. The quantitative estimate of drug-likeness (QED) is 0.0803. The Bertz CT molecular complexity index is 1850. The van der Waals surface area contributed by atoms with Gasteiger partial charge in [0.15, 0.2) is 0 Å². The van der Waals surface area contributed by atoms with Gasteiger partial charge in [0, 0.05) is 12.2 Å². The highest BCUT2D eigenvalue weighted by atomic mass is 16.6. The number of aryl methyl sites for hydroxylation is 1. The third kappa shape index (κ3) is 5.77. The Balaban J connectivity index is 1.43. The van der Waals surface area contributed by atoms with E-state index < -0.39 is 17.4 Å². The summed E-state index contributed by atoms with van der Waals surface area (Å²) in [6.07, 6.45) is 2.27.